The lowest BCUT2D eigenvalue weighted by Crippen LogP contribution is -2.49. The van der Waals surface area contributed by atoms with Gasteiger partial charge in [-0.25, -0.2) is 4.79 Å². The number of urea groups is 1. The number of likely N-dealkylation sites (tertiary alicyclic amines) is 1. The van der Waals surface area contributed by atoms with Crippen LogP contribution < -0.4 is 5.32 Å². The lowest BCUT2D eigenvalue weighted by molar-refractivity contribution is -0.142. The SMILES string of the molecule is O=C(O)C1CCC(NC(=O)N2CCC(OCCc3ccccc3)CC2)CC1. The van der Waals surface area contributed by atoms with Crippen LogP contribution in [0, 0.1) is 5.92 Å². The van der Waals surface area contributed by atoms with Gasteiger partial charge in [-0.2, -0.15) is 0 Å². The molecule has 3 rings (SSSR count). The molecule has 2 N–H and O–H groups in total. The van der Waals surface area contributed by atoms with E-state index in [1.54, 1.807) is 0 Å². The number of piperidine rings is 1. The lowest BCUT2D eigenvalue weighted by atomic mass is 9.86. The third-order valence-electron chi connectivity index (χ3n) is 5.72. The predicted octanol–water partition coefficient (Wildman–Crippen LogP) is 3.06. The van der Waals surface area contributed by atoms with Gasteiger partial charge >= 0.3 is 12.0 Å². The van der Waals surface area contributed by atoms with Crippen molar-refractivity contribution in [2.75, 3.05) is 19.7 Å². The number of hydrogen-bond acceptors (Lipinski definition) is 3. The van der Waals surface area contributed by atoms with E-state index in [0.717, 1.165) is 32.1 Å². The molecule has 1 saturated heterocycles. The van der Waals surface area contributed by atoms with E-state index in [-0.39, 0.29) is 24.1 Å². The zero-order chi connectivity index (χ0) is 19.1. The van der Waals surface area contributed by atoms with Crippen molar-refractivity contribution >= 4 is 12.0 Å². The standard InChI is InChI=1S/C21H30N2O4/c24-20(25)17-6-8-18(9-7-17)22-21(26)23-13-10-19(11-14-23)27-15-12-16-4-2-1-3-5-16/h1-5,17-19H,6-15H2,(H,22,26)(H,24,25). The minimum Gasteiger partial charge on any atom is -0.481 e. The number of carboxylic acids is 1. The van der Waals surface area contributed by atoms with E-state index in [4.69, 9.17) is 9.84 Å². The molecule has 1 saturated carbocycles. The van der Waals surface area contributed by atoms with Gasteiger partial charge in [0.25, 0.3) is 0 Å². The highest BCUT2D eigenvalue weighted by molar-refractivity contribution is 5.74. The molecule has 1 aromatic rings. The molecule has 0 radical (unpaired) electrons. The molecule has 0 unspecified atom stereocenters. The number of amides is 2. The van der Waals surface area contributed by atoms with Gasteiger partial charge in [-0.1, -0.05) is 30.3 Å². The van der Waals surface area contributed by atoms with Gasteiger partial charge in [0.1, 0.15) is 0 Å². The third-order valence-corrected chi connectivity index (χ3v) is 5.72. The van der Waals surface area contributed by atoms with Crippen LogP contribution in [0.4, 0.5) is 4.79 Å². The number of carboxylic acid groups (broad SMARTS) is 1. The second-order valence-electron chi connectivity index (χ2n) is 7.63. The van der Waals surface area contributed by atoms with Crippen molar-refractivity contribution in [3.63, 3.8) is 0 Å². The third kappa shape index (κ3) is 5.96. The van der Waals surface area contributed by atoms with Gasteiger partial charge < -0.3 is 20.1 Å². The summed E-state index contributed by atoms with van der Waals surface area (Å²) >= 11 is 0. The van der Waals surface area contributed by atoms with Gasteiger partial charge in [-0.15, -0.1) is 0 Å². The first-order valence-electron chi connectivity index (χ1n) is 10.1. The fraction of sp³-hybridized carbons (Fsp3) is 0.619. The molecule has 0 bridgehead atoms. The molecule has 27 heavy (non-hydrogen) atoms. The zero-order valence-corrected chi connectivity index (χ0v) is 15.8. The Morgan fingerprint density at radius 2 is 1.70 bits per heavy atom. The molecule has 0 aromatic heterocycles. The molecule has 148 valence electrons. The summed E-state index contributed by atoms with van der Waals surface area (Å²) in [5, 5.41) is 12.1. The fourth-order valence-corrected chi connectivity index (χ4v) is 3.96. The van der Waals surface area contributed by atoms with Crippen molar-refractivity contribution in [3.05, 3.63) is 35.9 Å². The number of carbonyl (C=O) groups is 2. The highest BCUT2D eigenvalue weighted by atomic mass is 16.5. The summed E-state index contributed by atoms with van der Waals surface area (Å²) in [6.07, 6.45) is 5.69. The molecule has 0 atom stereocenters. The van der Waals surface area contributed by atoms with E-state index in [2.05, 4.69) is 17.4 Å². The van der Waals surface area contributed by atoms with Gasteiger partial charge in [-0.05, 0) is 50.5 Å². The summed E-state index contributed by atoms with van der Waals surface area (Å²) < 4.78 is 5.99. The quantitative estimate of drug-likeness (QED) is 0.802. The summed E-state index contributed by atoms with van der Waals surface area (Å²) in [5.74, 6) is -0.962. The van der Waals surface area contributed by atoms with Crippen molar-refractivity contribution in [2.45, 2.75) is 57.1 Å². The fourth-order valence-electron chi connectivity index (χ4n) is 3.96. The first-order valence-corrected chi connectivity index (χ1v) is 10.1. The summed E-state index contributed by atoms with van der Waals surface area (Å²) in [7, 11) is 0. The van der Waals surface area contributed by atoms with E-state index in [1.165, 1.54) is 5.56 Å². The van der Waals surface area contributed by atoms with Crippen LogP contribution >= 0.6 is 0 Å². The number of carbonyl (C=O) groups excluding carboxylic acids is 1. The molecule has 1 aliphatic carbocycles. The summed E-state index contributed by atoms with van der Waals surface area (Å²) in [6.45, 7) is 2.15. The molecular weight excluding hydrogens is 344 g/mol. The average Bonchev–Trinajstić information content (AvgIpc) is 2.70. The highest BCUT2D eigenvalue weighted by Crippen LogP contribution is 2.24. The van der Waals surface area contributed by atoms with Gasteiger partial charge in [0, 0.05) is 19.1 Å². The molecule has 2 fully saturated rings. The minimum absolute atomic E-state index is 0.0171. The maximum Gasteiger partial charge on any atom is 0.317 e. The van der Waals surface area contributed by atoms with Crippen LogP contribution in [0.3, 0.4) is 0 Å². The van der Waals surface area contributed by atoms with E-state index < -0.39 is 5.97 Å². The van der Waals surface area contributed by atoms with Crippen LogP contribution in [0.25, 0.3) is 0 Å². The Balaban J connectivity index is 1.31. The number of aliphatic carboxylic acids is 1. The molecule has 6 nitrogen and oxygen atoms in total. The van der Waals surface area contributed by atoms with Crippen molar-refractivity contribution < 1.29 is 19.4 Å². The van der Waals surface area contributed by atoms with Gasteiger partial charge in [0.15, 0.2) is 0 Å². The Labute approximate surface area is 160 Å². The summed E-state index contributed by atoms with van der Waals surface area (Å²) in [4.78, 5) is 25.3. The highest BCUT2D eigenvalue weighted by Gasteiger charge is 2.29. The van der Waals surface area contributed by atoms with Gasteiger partial charge in [-0.3, -0.25) is 4.79 Å². The van der Waals surface area contributed by atoms with E-state index in [9.17, 15) is 9.59 Å². The van der Waals surface area contributed by atoms with E-state index >= 15 is 0 Å². The van der Waals surface area contributed by atoms with Crippen LogP contribution in [-0.4, -0.2) is 53.8 Å². The van der Waals surface area contributed by atoms with Crippen molar-refractivity contribution in [2.24, 2.45) is 5.92 Å². The van der Waals surface area contributed by atoms with E-state index in [0.29, 0.717) is 32.5 Å². The lowest BCUT2D eigenvalue weighted by Gasteiger charge is -2.34. The smallest absolute Gasteiger partial charge is 0.317 e. The molecule has 2 aliphatic rings. The van der Waals surface area contributed by atoms with Gasteiger partial charge in [0.2, 0.25) is 0 Å². The number of benzene rings is 1. The topological polar surface area (TPSA) is 78.9 Å². The molecular formula is C21H30N2O4. The second-order valence-corrected chi connectivity index (χ2v) is 7.63. The zero-order valence-electron chi connectivity index (χ0n) is 15.8. The Hall–Kier alpha value is -2.08. The molecule has 6 heteroatoms. The predicted molar refractivity (Wildman–Crippen MR) is 103 cm³/mol. The summed E-state index contributed by atoms with van der Waals surface area (Å²) in [5.41, 5.74) is 1.28. The van der Waals surface area contributed by atoms with Crippen LogP contribution in [0.15, 0.2) is 30.3 Å². The normalized spacial score (nSPS) is 23.8. The minimum atomic E-state index is -0.714. The number of nitrogens with one attached hydrogen (secondary N) is 1. The van der Waals surface area contributed by atoms with Crippen LogP contribution in [0.1, 0.15) is 44.1 Å². The maximum atomic E-state index is 12.4. The Morgan fingerprint density at radius 1 is 1.04 bits per heavy atom. The average molecular weight is 374 g/mol. The maximum absolute atomic E-state index is 12.4. The van der Waals surface area contributed by atoms with Crippen molar-refractivity contribution in [3.8, 4) is 0 Å². The number of hydrogen-bond donors (Lipinski definition) is 2. The number of nitrogens with zero attached hydrogens (tertiary/aromatic N) is 1. The number of ether oxygens (including phenoxy) is 1. The first-order chi connectivity index (χ1) is 13.1. The van der Waals surface area contributed by atoms with Gasteiger partial charge in [0.05, 0.1) is 18.6 Å². The molecule has 0 spiro atoms. The Kier molecular flexibility index (Phi) is 7.10. The second kappa shape index (κ2) is 9.74. The molecule has 2 amide bonds. The first kappa shape index (κ1) is 19.7. The van der Waals surface area contributed by atoms with E-state index in [1.807, 2.05) is 23.1 Å². The Morgan fingerprint density at radius 3 is 2.33 bits per heavy atom. The Bertz CT molecular complexity index is 606. The van der Waals surface area contributed by atoms with Crippen molar-refractivity contribution in [1.29, 1.82) is 0 Å². The van der Waals surface area contributed by atoms with Crippen molar-refractivity contribution in [1.82, 2.24) is 10.2 Å². The molecule has 1 heterocycles. The van der Waals surface area contributed by atoms with Crippen LogP contribution in [0.2, 0.25) is 0 Å². The van der Waals surface area contributed by atoms with Crippen LogP contribution in [0.5, 0.6) is 0 Å². The van der Waals surface area contributed by atoms with Crippen LogP contribution in [-0.2, 0) is 16.0 Å². The largest absolute Gasteiger partial charge is 0.481 e. The molecule has 1 aliphatic heterocycles. The monoisotopic (exact) mass is 374 g/mol. The number of rotatable bonds is 6. The summed E-state index contributed by atoms with van der Waals surface area (Å²) in [6, 6.07) is 10.4. The molecule has 1 aromatic carbocycles.